The first kappa shape index (κ1) is 20.4. The Bertz CT molecular complexity index is 737. The molecule has 0 bridgehead atoms. The van der Waals surface area contributed by atoms with Crippen LogP contribution in [0.25, 0.3) is 0 Å². The average molecular weight is 384 g/mol. The lowest BCUT2D eigenvalue weighted by Crippen LogP contribution is -2.44. The van der Waals surface area contributed by atoms with Gasteiger partial charge in [0.25, 0.3) is 0 Å². The Labute approximate surface area is 168 Å². The minimum absolute atomic E-state index is 0.676. The van der Waals surface area contributed by atoms with E-state index in [2.05, 4.69) is 80.7 Å². The summed E-state index contributed by atoms with van der Waals surface area (Å²) in [5.74, 6) is 1.49. The van der Waals surface area contributed by atoms with Crippen molar-refractivity contribution in [3.05, 3.63) is 36.0 Å². The van der Waals surface area contributed by atoms with Gasteiger partial charge in [-0.15, -0.1) is 0 Å². The average Bonchev–Trinajstić information content (AvgIpc) is 2.66. The van der Waals surface area contributed by atoms with E-state index in [1.807, 2.05) is 13.0 Å². The summed E-state index contributed by atoms with van der Waals surface area (Å²) in [7, 11) is 6.35. The van der Waals surface area contributed by atoms with E-state index in [4.69, 9.17) is 0 Å². The third-order valence-electron chi connectivity index (χ3n) is 4.93. The van der Waals surface area contributed by atoms with Gasteiger partial charge in [-0.25, -0.2) is 4.98 Å². The highest BCUT2D eigenvalue weighted by Gasteiger charge is 2.14. The Hall–Kier alpha value is -2.38. The lowest BCUT2D eigenvalue weighted by Gasteiger charge is -2.34. The second-order valence-corrected chi connectivity index (χ2v) is 7.76. The minimum atomic E-state index is 0.676. The van der Waals surface area contributed by atoms with E-state index in [0.717, 1.165) is 62.9 Å². The van der Waals surface area contributed by atoms with Crippen LogP contribution in [0.4, 0.5) is 23.1 Å². The molecule has 0 atom stereocenters. The molecule has 1 aliphatic heterocycles. The molecule has 1 saturated heterocycles. The predicted octanol–water partition coefficient (Wildman–Crippen LogP) is 2.64. The van der Waals surface area contributed by atoms with Gasteiger partial charge in [0.1, 0.15) is 5.82 Å². The molecule has 1 fully saturated rings. The van der Waals surface area contributed by atoms with Gasteiger partial charge in [-0.05, 0) is 65.3 Å². The van der Waals surface area contributed by atoms with Gasteiger partial charge in [0.2, 0.25) is 5.95 Å². The second-order valence-electron chi connectivity index (χ2n) is 7.76. The van der Waals surface area contributed by atoms with Crippen LogP contribution in [0.1, 0.15) is 12.1 Å². The Kier molecular flexibility index (Phi) is 7.06. The summed E-state index contributed by atoms with van der Waals surface area (Å²) >= 11 is 0. The Morgan fingerprint density at radius 3 is 2.43 bits per heavy atom. The molecule has 7 nitrogen and oxygen atoms in total. The molecule has 1 aromatic heterocycles. The van der Waals surface area contributed by atoms with E-state index in [1.54, 1.807) is 0 Å². The fourth-order valence-electron chi connectivity index (χ4n) is 3.28. The zero-order valence-electron chi connectivity index (χ0n) is 17.6. The number of aromatic nitrogens is 2. The number of rotatable bonds is 8. The predicted molar refractivity (Wildman–Crippen MR) is 118 cm³/mol. The molecule has 152 valence electrons. The molecule has 2 heterocycles. The number of benzene rings is 1. The van der Waals surface area contributed by atoms with Crippen molar-refractivity contribution in [2.24, 2.45) is 0 Å². The lowest BCUT2D eigenvalue weighted by atomic mass is 10.2. The number of aryl methyl sites for hydroxylation is 1. The smallest absolute Gasteiger partial charge is 0.224 e. The quantitative estimate of drug-likeness (QED) is 0.680. The molecule has 1 aliphatic rings. The SMILES string of the molecule is Cc1cc(Nc2ccc(N3CCN(C)CC3)cc2)nc(NCCCN(C)C)n1. The zero-order chi connectivity index (χ0) is 19.9. The van der Waals surface area contributed by atoms with Gasteiger partial charge in [0.15, 0.2) is 0 Å². The van der Waals surface area contributed by atoms with Crippen LogP contribution in [0, 0.1) is 6.92 Å². The number of nitrogens with one attached hydrogen (secondary N) is 2. The molecule has 28 heavy (non-hydrogen) atoms. The van der Waals surface area contributed by atoms with Crippen molar-refractivity contribution in [2.45, 2.75) is 13.3 Å². The number of nitrogens with zero attached hydrogens (tertiary/aromatic N) is 5. The van der Waals surface area contributed by atoms with Crippen molar-refractivity contribution in [3.8, 4) is 0 Å². The van der Waals surface area contributed by atoms with Gasteiger partial charge in [-0.1, -0.05) is 0 Å². The summed E-state index contributed by atoms with van der Waals surface area (Å²) in [4.78, 5) is 16.1. The van der Waals surface area contributed by atoms with E-state index in [-0.39, 0.29) is 0 Å². The van der Waals surface area contributed by atoms with E-state index in [0.29, 0.717) is 5.95 Å². The van der Waals surface area contributed by atoms with Gasteiger partial charge < -0.3 is 25.3 Å². The highest BCUT2D eigenvalue weighted by atomic mass is 15.2. The van der Waals surface area contributed by atoms with Gasteiger partial charge in [-0.3, -0.25) is 0 Å². The molecule has 0 radical (unpaired) electrons. The number of piperazine rings is 1. The number of hydrogen-bond acceptors (Lipinski definition) is 7. The Morgan fingerprint density at radius 2 is 1.75 bits per heavy atom. The van der Waals surface area contributed by atoms with Gasteiger partial charge in [0, 0.05) is 55.9 Å². The maximum Gasteiger partial charge on any atom is 0.224 e. The largest absolute Gasteiger partial charge is 0.369 e. The second kappa shape index (κ2) is 9.71. The molecule has 2 N–H and O–H groups in total. The van der Waals surface area contributed by atoms with Crippen LogP contribution in [0.5, 0.6) is 0 Å². The van der Waals surface area contributed by atoms with Crippen molar-refractivity contribution in [1.29, 1.82) is 0 Å². The molecule has 0 saturated carbocycles. The molecular weight excluding hydrogens is 350 g/mol. The molecule has 0 spiro atoms. The van der Waals surface area contributed by atoms with Crippen molar-refractivity contribution >= 4 is 23.1 Å². The van der Waals surface area contributed by atoms with Crippen LogP contribution in [0.3, 0.4) is 0 Å². The van der Waals surface area contributed by atoms with Crippen LogP contribution >= 0.6 is 0 Å². The summed E-state index contributed by atoms with van der Waals surface area (Å²) in [6.07, 6.45) is 1.06. The monoisotopic (exact) mass is 383 g/mol. The molecule has 1 aromatic carbocycles. The van der Waals surface area contributed by atoms with Crippen LogP contribution in [0.2, 0.25) is 0 Å². The highest BCUT2D eigenvalue weighted by Crippen LogP contribution is 2.22. The minimum Gasteiger partial charge on any atom is -0.369 e. The van der Waals surface area contributed by atoms with Gasteiger partial charge in [0.05, 0.1) is 0 Å². The standard InChI is InChI=1S/C21H33N7/c1-17-16-20(25-21(23-17)22-10-5-11-26(2)3)24-18-6-8-19(9-7-18)28-14-12-27(4)13-15-28/h6-9,16H,5,10-15H2,1-4H3,(H2,22,23,24,25). The summed E-state index contributed by atoms with van der Waals surface area (Å²) in [5.41, 5.74) is 3.26. The summed E-state index contributed by atoms with van der Waals surface area (Å²) < 4.78 is 0. The first-order valence-corrected chi connectivity index (χ1v) is 10.0. The van der Waals surface area contributed by atoms with E-state index >= 15 is 0 Å². The fourth-order valence-corrected chi connectivity index (χ4v) is 3.28. The third kappa shape index (κ3) is 6.07. The maximum absolute atomic E-state index is 4.60. The molecule has 7 heteroatoms. The Balaban J connectivity index is 1.58. The van der Waals surface area contributed by atoms with Crippen LogP contribution in [0.15, 0.2) is 30.3 Å². The van der Waals surface area contributed by atoms with E-state index in [1.165, 1.54) is 5.69 Å². The first-order valence-electron chi connectivity index (χ1n) is 10.0. The normalized spacial score (nSPS) is 15.1. The zero-order valence-corrected chi connectivity index (χ0v) is 17.6. The van der Waals surface area contributed by atoms with Crippen LogP contribution < -0.4 is 15.5 Å². The third-order valence-corrected chi connectivity index (χ3v) is 4.93. The van der Waals surface area contributed by atoms with E-state index in [9.17, 15) is 0 Å². The lowest BCUT2D eigenvalue weighted by molar-refractivity contribution is 0.313. The van der Waals surface area contributed by atoms with Crippen molar-refractivity contribution in [2.75, 3.05) is 75.9 Å². The number of likely N-dealkylation sites (N-methyl/N-ethyl adjacent to an activating group) is 1. The van der Waals surface area contributed by atoms with Crippen molar-refractivity contribution in [3.63, 3.8) is 0 Å². The van der Waals surface area contributed by atoms with Crippen molar-refractivity contribution in [1.82, 2.24) is 19.8 Å². The number of anilines is 4. The van der Waals surface area contributed by atoms with Crippen LogP contribution in [-0.2, 0) is 0 Å². The highest BCUT2D eigenvalue weighted by molar-refractivity contribution is 5.61. The topological polar surface area (TPSA) is 59.6 Å². The summed E-state index contributed by atoms with van der Waals surface area (Å²) in [5, 5.41) is 6.73. The van der Waals surface area contributed by atoms with Crippen molar-refractivity contribution < 1.29 is 0 Å². The molecule has 0 amide bonds. The Morgan fingerprint density at radius 1 is 1.04 bits per heavy atom. The fraction of sp³-hybridized carbons (Fsp3) is 0.524. The molecule has 2 aromatic rings. The van der Waals surface area contributed by atoms with Crippen LogP contribution in [-0.4, -0.2) is 80.2 Å². The van der Waals surface area contributed by atoms with E-state index < -0.39 is 0 Å². The molecular formula is C21H33N7. The maximum atomic E-state index is 4.60. The summed E-state index contributed by atoms with van der Waals surface area (Å²) in [6.45, 7) is 8.29. The molecule has 0 aliphatic carbocycles. The molecule has 0 unspecified atom stereocenters. The van der Waals surface area contributed by atoms with Gasteiger partial charge >= 0.3 is 0 Å². The van der Waals surface area contributed by atoms with Gasteiger partial charge in [-0.2, -0.15) is 4.98 Å². The number of hydrogen-bond donors (Lipinski definition) is 2. The molecule has 3 rings (SSSR count). The summed E-state index contributed by atoms with van der Waals surface area (Å²) in [6, 6.07) is 10.6. The first-order chi connectivity index (χ1) is 13.5.